The summed E-state index contributed by atoms with van der Waals surface area (Å²) >= 11 is 1.14. The van der Waals surface area contributed by atoms with Gasteiger partial charge < -0.3 is 5.32 Å². The Bertz CT molecular complexity index is 1050. The molecule has 8 heteroatoms. The standard InChI is InChI=1S/C20H19FN2O3S2/c1-14(16-4-2-5-17(21)13-16)22-19(24)12-15-7-9-18(10-8-15)23-28(25,26)20-6-3-11-27-20/h2-11,13-14,23H,12H2,1H3,(H,22,24)/t14-/m0/s1. The van der Waals surface area contributed by atoms with Crippen LogP contribution in [0.15, 0.2) is 70.3 Å². The fourth-order valence-corrected chi connectivity index (χ4v) is 4.70. The molecule has 0 bridgehead atoms. The molecule has 1 aromatic heterocycles. The molecular formula is C20H19FN2O3S2. The van der Waals surface area contributed by atoms with Gasteiger partial charge in [0.15, 0.2) is 0 Å². The third-order valence-corrected chi connectivity index (χ3v) is 6.84. The minimum absolute atomic E-state index is 0.137. The molecule has 1 amide bonds. The fraction of sp³-hybridized carbons (Fsp3) is 0.150. The molecule has 0 spiro atoms. The van der Waals surface area contributed by atoms with E-state index < -0.39 is 10.0 Å². The average Bonchev–Trinajstić information content (AvgIpc) is 3.19. The van der Waals surface area contributed by atoms with Gasteiger partial charge in [0.2, 0.25) is 5.91 Å². The highest BCUT2D eigenvalue weighted by molar-refractivity contribution is 7.94. The zero-order valence-electron chi connectivity index (χ0n) is 15.1. The number of carbonyl (C=O) groups is 1. The Morgan fingerprint density at radius 3 is 2.50 bits per heavy atom. The summed E-state index contributed by atoms with van der Waals surface area (Å²) in [6, 6.07) is 15.6. The van der Waals surface area contributed by atoms with Crippen molar-refractivity contribution in [3.05, 3.63) is 83.0 Å². The van der Waals surface area contributed by atoms with Crippen LogP contribution in [0.3, 0.4) is 0 Å². The van der Waals surface area contributed by atoms with E-state index >= 15 is 0 Å². The molecule has 0 aliphatic heterocycles. The van der Waals surface area contributed by atoms with Crippen molar-refractivity contribution in [3.63, 3.8) is 0 Å². The van der Waals surface area contributed by atoms with E-state index in [1.54, 1.807) is 54.8 Å². The van der Waals surface area contributed by atoms with E-state index in [-0.39, 0.29) is 28.4 Å². The van der Waals surface area contributed by atoms with Crippen molar-refractivity contribution in [2.45, 2.75) is 23.6 Å². The van der Waals surface area contributed by atoms with Crippen LogP contribution in [-0.4, -0.2) is 14.3 Å². The molecule has 1 atom stereocenters. The topological polar surface area (TPSA) is 75.3 Å². The van der Waals surface area contributed by atoms with Crippen molar-refractivity contribution in [2.24, 2.45) is 0 Å². The van der Waals surface area contributed by atoms with Gasteiger partial charge in [-0.15, -0.1) is 11.3 Å². The molecule has 0 radical (unpaired) electrons. The second-order valence-corrected chi connectivity index (χ2v) is 9.11. The summed E-state index contributed by atoms with van der Waals surface area (Å²) in [5.74, 6) is -0.553. The van der Waals surface area contributed by atoms with Gasteiger partial charge in [0.05, 0.1) is 12.5 Å². The van der Waals surface area contributed by atoms with Crippen LogP contribution in [0.25, 0.3) is 0 Å². The number of hydrogen-bond acceptors (Lipinski definition) is 4. The number of carbonyl (C=O) groups excluding carboxylic acids is 1. The summed E-state index contributed by atoms with van der Waals surface area (Å²) < 4.78 is 40.5. The zero-order chi connectivity index (χ0) is 20.1. The zero-order valence-corrected chi connectivity index (χ0v) is 16.7. The Balaban J connectivity index is 1.58. The molecule has 1 heterocycles. The summed E-state index contributed by atoms with van der Waals surface area (Å²) in [7, 11) is -3.60. The van der Waals surface area contributed by atoms with Gasteiger partial charge in [-0.05, 0) is 53.8 Å². The fourth-order valence-electron chi connectivity index (χ4n) is 2.65. The Morgan fingerprint density at radius 2 is 1.86 bits per heavy atom. The molecule has 0 saturated heterocycles. The van der Waals surface area contributed by atoms with Crippen LogP contribution in [0.5, 0.6) is 0 Å². The van der Waals surface area contributed by atoms with E-state index in [4.69, 9.17) is 0 Å². The van der Waals surface area contributed by atoms with Crippen LogP contribution in [0, 0.1) is 5.82 Å². The maximum Gasteiger partial charge on any atom is 0.271 e. The van der Waals surface area contributed by atoms with Gasteiger partial charge in [-0.1, -0.05) is 30.3 Å². The largest absolute Gasteiger partial charge is 0.349 e. The highest BCUT2D eigenvalue weighted by Gasteiger charge is 2.15. The van der Waals surface area contributed by atoms with Gasteiger partial charge in [-0.25, -0.2) is 12.8 Å². The number of nitrogens with one attached hydrogen (secondary N) is 2. The molecule has 0 fully saturated rings. The van der Waals surface area contributed by atoms with E-state index in [9.17, 15) is 17.6 Å². The van der Waals surface area contributed by atoms with E-state index in [1.165, 1.54) is 18.2 Å². The van der Waals surface area contributed by atoms with Gasteiger partial charge in [0, 0.05) is 5.69 Å². The quantitative estimate of drug-likeness (QED) is 0.606. The maximum absolute atomic E-state index is 13.3. The van der Waals surface area contributed by atoms with E-state index in [2.05, 4.69) is 10.0 Å². The Labute approximate surface area is 167 Å². The van der Waals surface area contributed by atoms with Crippen LogP contribution in [0.2, 0.25) is 0 Å². The first-order chi connectivity index (χ1) is 13.3. The predicted octanol–water partition coefficient (Wildman–Crippen LogP) is 4.11. The van der Waals surface area contributed by atoms with Crippen LogP contribution in [0.1, 0.15) is 24.1 Å². The van der Waals surface area contributed by atoms with Gasteiger partial charge in [0.1, 0.15) is 10.0 Å². The Morgan fingerprint density at radius 1 is 1.11 bits per heavy atom. The average molecular weight is 419 g/mol. The van der Waals surface area contributed by atoms with Crippen molar-refractivity contribution in [1.82, 2.24) is 5.32 Å². The van der Waals surface area contributed by atoms with E-state index in [1.807, 2.05) is 0 Å². The monoisotopic (exact) mass is 418 g/mol. The number of amides is 1. The van der Waals surface area contributed by atoms with Crippen LogP contribution < -0.4 is 10.0 Å². The summed E-state index contributed by atoms with van der Waals surface area (Å²) in [4.78, 5) is 12.2. The van der Waals surface area contributed by atoms with Gasteiger partial charge in [-0.3, -0.25) is 9.52 Å². The van der Waals surface area contributed by atoms with Crippen LogP contribution in [0.4, 0.5) is 10.1 Å². The van der Waals surface area contributed by atoms with Gasteiger partial charge in [0.25, 0.3) is 10.0 Å². The molecule has 0 aliphatic carbocycles. The van der Waals surface area contributed by atoms with E-state index in [0.717, 1.165) is 16.9 Å². The van der Waals surface area contributed by atoms with Crippen LogP contribution >= 0.6 is 11.3 Å². The first-order valence-electron chi connectivity index (χ1n) is 8.53. The lowest BCUT2D eigenvalue weighted by Crippen LogP contribution is -2.28. The molecule has 146 valence electrons. The Kier molecular flexibility index (Phi) is 6.11. The van der Waals surface area contributed by atoms with Crippen molar-refractivity contribution < 1.29 is 17.6 Å². The molecular weight excluding hydrogens is 399 g/mol. The number of benzene rings is 2. The first kappa shape index (κ1) is 20.0. The number of hydrogen-bond donors (Lipinski definition) is 2. The minimum Gasteiger partial charge on any atom is -0.349 e. The van der Waals surface area contributed by atoms with Gasteiger partial charge >= 0.3 is 0 Å². The van der Waals surface area contributed by atoms with Crippen molar-refractivity contribution in [2.75, 3.05) is 4.72 Å². The van der Waals surface area contributed by atoms with Crippen LogP contribution in [-0.2, 0) is 21.2 Å². The van der Waals surface area contributed by atoms with Crippen molar-refractivity contribution >= 4 is 33.0 Å². The van der Waals surface area contributed by atoms with Crippen molar-refractivity contribution in [3.8, 4) is 0 Å². The number of anilines is 1. The smallest absolute Gasteiger partial charge is 0.271 e. The first-order valence-corrected chi connectivity index (χ1v) is 10.9. The highest BCUT2D eigenvalue weighted by atomic mass is 32.2. The van der Waals surface area contributed by atoms with Gasteiger partial charge in [-0.2, -0.15) is 0 Å². The molecule has 2 aromatic carbocycles. The number of rotatable bonds is 7. The minimum atomic E-state index is -3.60. The lowest BCUT2D eigenvalue weighted by molar-refractivity contribution is -0.121. The van der Waals surface area contributed by atoms with Crippen molar-refractivity contribution in [1.29, 1.82) is 0 Å². The second-order valence-electron chi connectivity index (χ2n) is 6.26. The molecule has 0 unspecified atom stereocenters. The highest BCUT2D eigenvalue weighted by Crippen LogP contribution is 2.20. The molecule has 3 rings (SSSR count). The lowest BCUT2D eigenvalue weighted by Gasteiger charge is -2.14. The summed E-state index contributed by atoms with van der Waals surface area (Å²) in [5.41, 5.74) is 1.85. The third-order valence-electron chi connectivity index (χ3n) is 4.06. The molecule has 3 aromatic rings. The summed E-state index contributed by atoms with van der Waals surface area (Å²) in [6.07, 6.45) is 0.137. The molecule has 5 nitrogen and oxygen atoms in total. The molecule has 2 N–H and O–H groups in total. The predicted molar refractivity (Wildman–Crippen MR) is 108 cm³/mol. The number of halogens is 1. The lowest BCUT2D eigenvalue weighted by atomic mass is 10.1. The molecule has 28 heavy (non-hydrogen) atoms. The third kappa shape index (κ3) is 5.17. The molecule has 0 aliphatic rings. The Hall–Kier alpha value is -2.71. The van der Waals surface area contributed by atoms with E-state index in [0.29, 0.717) is 11.3 Å². The summed E-state index contributed by atoms with van der Waals surface area (Å²) in [6.45, 7) is 1.79. The SMILES string of the molecule is C[C@H](NC(=O)Cc1ccc(NS(=O)(=O)c2cccs2)cc1)c1cccc(F)c1. The number of thiophene rings is 1. The second kappa shape index (κ2) is 8.53. The maximum atomic E-state index is 13.3. The summed E-state index contributed by atoms with van der Waals surface area (Å²) in [5, 5.41) is 4.52. The number of sulfonamides is 1. The normalized spacial score (nSPS) is 12.4. The molecule has 0 saturated carbocycles.